The Morgan fingerprint density at radius 2 is 2.14 bits per heavy atom. The normalized spacial score (nSPS) is 11.3. The topological polar surface area (TPSA) is 68.4 Å². The quantitative estimate of drug-likeness (QED) is 0.829. The third kappa shape index (κ3) is 3.28. The van der Waals surface area contributed by atoms with E-state index >= 15 is 0 Å². The lowest BCUT2D eigenvalue weighted by Gasteiger charge is -2.11. The average Bonchev–Trinajstić information content (AvgIpc) is 2.49. The number of phenolic OH excluding ortho intramolecular Hbond substituents is 1. The van der Waals surface area contributed by atoms with Crippen molar-refractivity contribution in [2.45, 2.75) is 13.8 Å². The Bertz CT molecular complexity index is 721. The molecule has 114 valence electrons. The number of allylic oxidation sites excluding steroid dienone is 2. The fourth-order valence-electron chi connectivity index (χ4n) is 2.18. The molecule has 0 radical (unpaired) electrons. The van der Waals surface area contributed by atoms with Gasteiger partial charge in [0.15, 0.2) is 11.5 Å². The molecule has 0 unspecified atom stereocenters. The van der Waals surface area contributed by atoms with Crippen molar-refractivity contribution in [3.8, 4) is 11.5 Å². The smallest absolute Gasteiger partial charge is 0.167 e. The van der Waals surface area contributed by atoms with Gasteiger partial charge in [0.2, 0.25) is 0 Å². The summed E-state index contributed by atoms with van der Waals surface area (Å²) < 4.78 is 5.37. The molecule has 2 rings (SSSR count). The molecule has 0 fully saturated rings. The molecule has 0 atom stereocenters. The predicted octanol–water partition coefficient (Wildman–Crippen LogP) is 3.51. The number of nitrogens with zero attached hydrogens (tertiary/aromatic N) is 1. The second kappa shape index (κ2) is 6.80. The van der Waals surface area contributed by atoms with Crippen LogP contribution in [0.2, 0.25) is 0 Å². The van der Waals surface area contributed by atoms with E-state index in [0.29, 0.717) is 29.2 Å². The summed E-state index contributed by atoms with van der Waals surface area (Å²) in [5.41, 5.74) is 9.52. The van der Waals surface area contributed by atoms with E-state index in [0.717, 1.165) is 11.3 Å². The van der Waals surface area contributed by atoms with Gasteiger partial charge in [-0.2, -0.15) is 0 Å². The minimum absolute atomic E-state index is 0.0312. The molecule has 4 heteroatoms. The summed E-state index contributed by atoms with van der Waals surface area (Å²) in [6.07, 6.45) is 3.42. The molecule has 1 aromatic heterocycles. The molecule has 0 aliphatic carbocycles. The highest BCUT2D eigenvalue weighted by Crippen LogP contribution is 2.33. The maximum absolute atomic E-state index is 10.2. The number of aromatic hydroxyl groups is 1. The molecule has 0 bridgehead atoms. The largest absolute Gasteiger partial charge is 0.504 e. The van der Waals surface area contributed by atoms with Crippen LogP contribution in [0.15, 0.2) is 49.2 Å². The molecule has 4 nitrogen and oxygen atoms in total. The van der Waals surface area contributed by atoms with Crippen LogP contribution in [0.3, 0.4) is 0 Å². The van der Waals surface area contributed by atoms with Gasteiger partial charge in [0, 0.05) is 17.5 Å². The number of nitrogens with two attached hydrogens (primary N) is 1. The Morgan fingerprint density at radius 3 is 2.82 bits per heavy atom. The maximum atomic E-state index is 10.2. The summed E-state index contributed by atoms with van der Waals surface area (Å²) in [5, 5.41) is 10.2. The molecule has 0 amide bonds. The van der Waals surface area contributed by atoms with Crippen molar-refractivity contribution >= 4 is 11.3 Å². The fraction of sp³-hybridized carbons (Fsp3) is 0.167. The molecule has 0 aliphatic rings. The number of benzene rings is 1. The average molecular weight is 296 g/mol. The maximum Gasteiger partial charge on any atom is 0.167 e. The zero-order chi connectivity index (χ0) is 16.1. The van der Waals surface area contributed by atoms with Crippen LogP contribution in [0, 0.1) is 6.92 Å². The van der Waals surface area contributed by atoms with Gasteiger partial charge in [-0.15, -0.1) is 0 Å². The van der Waals surface area contributed by atoms with Gasteiger partial charge in [0.1, 0.15) is 0 Å². The Hall–Kier alpha value is -2.75. The van der Waals surface area contributed by atoms with E-state index in [4.69, 9.17) is 10.5 Å². The van der Waals surface area contributed by atoms with Crippen LogP contribution in [0.5, 0.6) is 11.5 Å². The highest BCUT2D eigenvalue weighted by molar-refractivity contribution is 5.83. The first kappa shape index (κ1) is 15.6. The minimum Gasteiger partial charge on any atom is -0.504 e. The first-order chi connectivity index (χ1) is 10.5. The van der Waals surface area contributed by atoms with Crippen molar-refractivity contribution in [3.05, 3.63) is 66.0 Å². The monoisotopic (exact) mass is 296 g/mol. The number of hydrogen-bond acceptors (Lipinski definition) is 4. The van der Waals surface area contributed by atoms with Gasteiger partial charge in [0.25, 0.3) is 0 Å². The van der Waals surface area contributed by atoms with Crippen LogP contribution in [0.25, 0.3) is 11.3 Å². The number of pyridine rings is 1. The lowest BCUT2D eigenvalue weighted by Crippen LogP contribution is -2.00. The van der Waals surface area contributed by atoms with E-state index in [9.17, 15) is 5.11 Å². The summed E-state index contributed by atoms with van der Waals surface area (Å²) in [6.45, 7) is 8.30. The van der Waals surface area contributed by atoms with E-state index in [1.54, 1.807) is 30.5 Å². The molecule has 22 heavy (non-hydrogen) atoms. The molecule has 1 heterocycles. The Labute approximate surface area is 130 Å². The second-order valence-corrected chi connectivity index (χ2v) is 4.88. The molecule has 0 saturated heterocycles. The molecule has 1 aromatic carbocycles. The van der Waals surface area contributed by atoms with Gasteiger partial charge in [-0.1, -0.05) is 18.7 Å². The van der Waals surface area contributed by atoms with E-state index < -0.39 is 0 Å². The Morgan fingerprint density at radius 1 is 1.36 bits per heavy atom. The van der Waals surface area contributed by atoms with Gasteiger partial charge in [0.05, 0.1) is 12.3 Å². The van der Waals surface area contributed by atoms with Gasteiger partial charge in [-0.3, -0.25) is 4.98 Å². The molecular formula is C18H20N2O2. The van der Waals surface area contributed by atoms with Crippen molar-refractivity contribution < 1.29 is 9.84 Å². The summed E-state index contributed by atoms with van der Waals surface area (Å²) in [5.74, 6) is 0.444. The first-order valence-electron chi connectivity index (χ1n) is 7.07. The third-order valence-corrected chi connectivity index (χ3v) is 3.25. The summed E-state index contributed by atoms with van der Waals surface area (Å²) in [4.78, 5) is 4.31. The Balaban J connectivity index is 2.35. The van der Waals surface area contributed by atoms with E-state index in [-0.39, 0.29) is 5.75 Å². The summed E-state index contributed by atoms with van der Waals surface area (Å²) in [7, 11) is 0. The Kier molecular flexibility index (Phi) is 4.84. The third-order valence-electron chi connectivity index (χ3n) is 3.25. The molecule has 0 aliphatic heterocycles. The van der Waals surface area contributed by atoms with E-state index in [1.807, 2.05) is 26.0 Å². The lowest BCUT2D eigenvalue weighted by atomic mass is 10.0. The summed E-state index contributed by atoms with van der Waals surface area (Å²) >= 11 is 0. The molecule has 0 spiro atoms. The zero-order valence-electron chi connectivity index (χ0n) is 12.8. The number of phenols is 1. The zero-order valence-corrected chi connectivity index (χ0v) is 12.8. The number of ether oxygens (including phenoxy) is 1. The van der Waals surface area contributed by atoms with Gasteiger partial charge in [-0.25, -0.2) is 0 Å². The first-order valence-corrected chi connectivity index (χ1v) is 7.07. The standard InChI is InChI=1S/C18H20N2O2/c1-4-22-16-9-5-8-14(18(16)21)15(19)11-13(3)17-12(2)7-6-10-20-17/h5-11,21H,3-4,19H2,1-2H3/b15-11-. The number of hydrogen-bond donors (Lipinski definition) is 2. The predicted molar refractivity (Wildman–Crippen MR) is 89.4 cm³/mol. The van der Waals surface area contributed by atoms with Crippen LogP contribution in [0.1, 0.15) is 23.7 Å². The van der Waals surface area contributed by atoms with Crippen LogP contribution < -0.4 is 10.5 Å². The van der Waals surface area contributed by atoms with Crippen molar-refractivity contribution in [3.63, 3.8) is 0 Å². The van der Waals surface area contributed by atoms with Crippen molar-refractivity contribution in [2.24, 2.45) is 5.73 Å². The summed E-state index contributed by atoms with van der Waals surface area (Å²) in [6, 6.07) is 9.06. The number of aromatic nitrogens is 1. The van der Waals surface area contributed by atoms with Crippen LogP contribution in [0.4, 0.5) is 0 Å². The van der Waals surface area contributed by atoms with E-state index in [1.165, 1.54) is 0 Å². The van der Waals surface area contributed by atoms with Gasteiger partial charge in [-0.05, 0) is 49.3 Å². The lowest BCUT2D eigenvalue weighted by molar-refractivity contribution is 0.318. The van der Waals surface area contributed by atoms with Crippen molar-refractivity contribution in [1.82, 2.24) is 4.98 Å². The second-order valence-electron chi connectivity index (χ2n) is 4.88. The van der Waals surface area contributed by atoms with Crippen LogP contribution in [-0.4, -0.2) is 16.7 Å². The molecular weight excluding hydrogens is 276 g/mol. The van der Waals surface area contributed by atoms with Gasteiger partial charge >= 0.3 is 0 Å². The number of para-hydroxylation sites is 1. The van der Waals surface area contributed by atoms with Crippen LogP contribution >= 0.6 is 0 Å². The van der Waals surface area contributed by atoms with E-state index in [2.05, 4.69) is 11.6 Å². The molecule has 3 N–H and O–H groups in total. The van der Waals surface area contributed by atoms with Crippen molar-refractivity contribution in [2.75, 3.05) is 6.61 Å². The fourth-order valence-corrected chi connectivity index (χ4v) is 2.18. The minimum atomic E-state index is 0.0312. The van der Waals surface area contributed by atoms with Crippen molar-refractivity contribution in [1.29, 1.82) is 0 Å². The molecule has 0 saturated carbocycles. The number of rotatable bonds is 5. The molecule has 2 aromatic rings. The highest BCUT2D eigenvalue weighted by Gasteiger charge is 2.11. The van der Waals surface area contributed by atoms with Crippen LogP contribution in [-0.2, 0) is 0 Å². The highest BCUT2D eigenvalue weighted by atomic mass is 16.5. The van der Waals surface area contributed by atoms with Gasteiger partial charge < -0.3 is 15.6 Å². The SMILES string of the molecule is C=C(/C=C(\N)c1cccc(OCC)c1O)c1ncccc1C. The number of aryl methyl sites for hydroxylation is 1.